The van der Waals surface area contributed by atoms with Gasteiger partial charge in [-0.3, -0.25) is 0 Å². The van der Waals surface area contributed by atoms with Gasteiger partial charge in [-0.05, 0) is 36.6 Å². The molecule has 0 aliphatic carbocycles. The van der Waals surface area contributed by atoms with Gasteiger partial charge in [-0.1, -0.05) is 49.0 Å². The second kappa shape index (κ2) is 6.80. The SMILES string of the molecule is C=C(C)N(C)/C=C\Nc1cc(-c2ccccc2)ccc1C. The van der Waals surface area contributed by atoms with Crippen LogP contribution in [0.15, 0.2) is 73.2 Å². The normalized spacial score (nSPS) is 10.6. The molecular formula is C19H22N2. The van der Waals surface area contributed by atoms with Gasteiger partial charge in [0.15, 0.2) is 0 Å². The molecule has 0 spiro atoms. The average Bonchev–Trinajstić information content (AvgIpc) is 2.49. The first kappa shape index (κ1) is 14.9. The largest absolute Gasteiger partial charge is 0.360 e. The molecule has 0 amide bonds. The minimum Gasteiger partial charge on any atom is -0.360 e. The van der Waals surface area contributed by atoms with E-state index in [0.29, 0.717) is 0 Å². The van der Waals surface area contributed by atoms with E-state index < -0.39 is 0 Å². The maximum absolute atomic E-state index is 3.90. The number of aryl methyl sites for hydroxylation is 1. The Morgan fingerprint density at radius 1 is 1.10 bits per heavy atom. The molecule has 0 atom stereocenters. The van der Waals surface area contributed by atoms with Crippen LogP contribution in [0.25, 0.3) is 11.1 Å². The number of nitrogens with zero attached hydrogens (tertiary/aromatic N) is 1. The Balaban J connectivity index is 2.18. The van der Waals surface area contributed by atoms with Gasteiger partial charge in [0.05, 0.1) is 0 Å². The monoisotopic (exact) mass is 278 g/mol. The topological polar surface area (TPSA) is 15.3 Å². The van der Waals surface area contributed by atoms with Gasteiger partial charge in [0.2, 0.25) is 0 Å². The third kappa shape index (κ3) is 3.99. The van der Waals surface area contributed by atoms with Crippen molar-refractivity contribution in [3.8, 4) is 11.1 Å². The molecule has 2 heteroatoms. The van der Waals surface area contributed by atoms with Crippen LogP contribution in [0.1, 0.15) is 12.5 Å². The van der Waals surface area contributed by atoms with Crippen molar-refractivity contribution in [1.82, 2.24) is 4.90 Å². The van der Waals surface area contributed by atoms with Gasteiger partial charge in [0.1, 0.15) is 0 Å². The fraction of sp³-hybridized carbons (Fsp3) is 0.158. The fourth-order valence-corrected chi connectivity index (χ4v) is 1.95. The number of hydrogen-bond donors (Lipinski definition) is 1. The molecule has 2 rings (SSSR count). The van der Waals surface area contributed by atoms with Crippen LogP contribution in [-0.2, 0) is 0 Å². The first-order valence-corrected chi connectivity index (χ1v) is 7.05. The van der Waals surface area contributed by atoms with Gasteiger partial charge in [0, 0.05) is 30.8 Å². The van der Waals surface area contributed by atoms with Gasteiger partial charge < -0.3 is 10.2 Å². The Morgan fingerprint density at radius 3 is 2.48 bits per heavy atom. The molecular weight excluding hydrogens is 256 g/mol. The van der Waals surface area contributed by atoms with Crippen LogP contribution in [0.5, 0.6) is 0 Å². The number of anilines is 1. The first-order valence-electron chi connectivity index (χ1n) is 7.05. The van der Waals surface area contributed by atoms with E-state index in [-0.39, 0.29) is 0 Å². The highest BCUT2D eigenvalue weighted by molar-refractivity contribution is 5.70. The average molecular weight is 278 g/mol. The summed E-state index contributed by atoms with van der Waals surface area (Å²) < 4.78 is 0. The third-order valence-corrected chi connectivity index (χ3v) is 3.48. The van der Waals surface area contributed by atoms with Crippen LogP contribution in [0.4, 0.5) is 5.69 Å². The molecule has 0 aromatic heterocycles. The Morgan fingerprint density at radius 2 is 1.81 bits per heavy atom. The predicted molar refractivity (Wildman–Crippen MR) is 92.0 cm³/mol. The fourth-order valence-electron chi connectivity index (χ4n) is 1.95. The number of nitrogens with one attached hydrogen (secondary N) is 1. The van der Waals surface area contributed by atoms with E-state index in [1.54, 1.807) is 0 Å². The lowest BCUT2D eigenvalue weighted by molar-refractivity contribution is 0.572. The molecule has 2 aromatic rings. The first-order chi connectivity index (χ1) is 10.1. The summed E-state index contributed by atoms with van der Waals surface area (Å²) in [5, 5.41) is 3.35. The van der Waals surface area contributed by atoms with E-state index in [1.165, 1.54) is 16.7 Å². The predicted octanol–water partition coefficient (Wildman–Crippen LogP) is 5.01. The van der Waals surface area contributed by atoms with E-state index in [4.69, 9.17) is 0 Å². The molecule has 1 N–H and O–H groups in total. The van der Waals surface area contributed by atoms with Crippen LogP contribution in [0.2, 0.25) is 0 Å². The number of rotatable bonds is 5. The van der Waals surface area contributed by atoms with Crippen molar-refractivity contribution in [1.29, 1.82) is 0 Å². The molecule has 0 unspecified atom stereocenters. The lowest BCUT2D eigenvalue weighted by Crippen LogP contribution is -2.06. The molecule has 0 saturated heterocycles. The van der Waals surface area contributed by atoms with Crippen molar-refractivity contribution in [2.24, 2.45) is 0 Å². The zero-order valence-electron chi connectivity index (χ0n) is 12.9. The lowest BCUT2D eigenvalue weighted by Gasteiger charge is -2.13. The standard InChI is InChI=1S/C19H22N2/c1-15(2)21(4)13-12-20-19-14-18(11-10-16(19)3)17-8-6-5-7-9-17/h5-14,20H,1H2,2-4H3/b13-12-. The molecule has 0 fully saturated rings. The van der Waals surface area contributed by atoms with E-state index in [1.807, 2.05) is 37.3 Å². The minimum atomic E-state index is 1.00. The van der Waals surface area contributed by atoms with Crippen molar-refractivity contribution >= 4 is 5.69 Å². The van der Waals surface area contributed by atoms with Crippen molar-refractivity contribution in [3.05, 3.63) is 78.8 Å². The van der Waals surface area contributed by atoms with Gasteiger partial charge in [0.25, 0.3) is 0 Å². The molecule has 108 valence electrons. The van der Waals surface area contributed by atoms with Crippen molar-refractivity contribution in [3.63, 3.8) is 0 Å². The van der Waals surface area contributed by atoms with Gasteiger partial charge in [-0.2, -0.15) is 0 Å². The summed E-state index contributed by atoms with van der Waals surface area (Å²) in [5.74, 6) is 0. The number of benzene rings is 2. The van der Waals surface area contributed by atoms with Crippen LogP contribution in [0.3, 0.4) is 0 Å². The summed E-state index contributed by atoms with van der Waals surface area (Å²) in [6, 6.07) is 16.9. The van der Waals surface area contributed by atoms with Crippen LogP contribution >= 0.6 is 0 Å². The molecule has 0 saturated carbocycles. The second-order valence-corrected chi connectivity index (χ2v) is 5.20. The van der Waals surface area contributed by atoms with Crippen molar-refractivity contribution in [2.75, 3.05) is 12.4 Å². The Kier molecular flexibility index (Phi) is 4.83. The molecule has 21 heavy (non-hydrogen) atoms. The van der Waals surface area contributed by atoms with Crippen LogP contribution in [-0.4, -0.2) is 11.9 Å². The van der Waals surface area contributed by atoms with E-state index in [0.717, 1.165) is 11.4 Å². The quantitative estimate of drug-likeness (QED) is 0.827. The second-order valence-electron chi connectivity index (χ2n) is 5.20. The lowest BCUT2D eigenvalue weighted by atomic mass is 10.0. The highest BCUT2D eigenvalue weighted by Crippen LogP contribution is 2.25. The Hall–Kier alpha value is -2.48. The summed E-state index contributed by atoms with van der Waals surface area (Å²) in [5.41, 5.74) is 5.77. The summed E-state index contributed by atoms with van der Waals surface area (Å²) in [6.07, 6.45) is 3.91. The summed E-state index contributed by atoms with van der Waals surface area (Å²) >= 11 is 0. The smallest absolute Gasteiger partial charge is 0.0416 e. The highest BCUT2D eigenvalue weighted by atomic mass is 15.1. The summed E-state index contributed by atoms with van der Waals surface area (Å²) in [6.45, 7) is 7.98. The molecule has 2 nitrogen and oxygen atoms in total. The highest BCUT2D eigenvalue weighted by Gasteiger charge is 2.01. The summed E-state index contributed by atoms with van der Waals surface area (Å²) in [7, 11) is 1.98. The number of hydrogen-bond acceptors (Lipinski definition) is 2. The van der Waals surface area contributed by atoms with E-state index in [9.17, 15) is 0 Å². The minimum absolute atomic E-state index is 1.00. The Bertz CT molecular complexity index is 642. The van der Waals surface area contributed by atoms with Gasteiger partial charge >= 0.3 is 0 Å². The molecule has 0 heterocycles. The van der Waals surface area contributed by atoms with Gasteiger partial charge in [-0.25, -0.2) is 0 Å². The Labute approximate surface area is 127 Å². The van der Waals surface area contributed by atoms with Crippen LogP contribution in [0, 0.1) is 6.92 Å². The van der Waals surface area contributed by atoms with Crippen LogP contribution < -0.4 is 5.32 Å². The maximum atomic E-state index is 3.90. The summed E-state index contributed by atoms with van der Waals surface area (Å²) in [4.78, 5) is 1.98. The molecule has 0 radical (unpaired) electrons. The molecule has 0 aliphatic heterocycles. The third-order valence-electron chi connectivity index (χ3n) is 3.48. The van der Waals surface area contributed by atoms with Crippen molar-refractivity contribution < 1.29 is 0 Å². The zero-order valence-corrected chi connectivity index (χ0v) is 12.9. The zero-order chi connectivity index (χ0) is 15.2. The van der Waals surface area contributed by atoms with E-state index in [2.05, 4.69) is 61.3 Å². The van der Waals surface area contributed by atoms with E-state index >= 15 is 0 Å². The molecule has 0 bridgehead atoms. The molecule has 2 aromatic carbocycles. The maximum Gasteiger partial charge on any atom is 0.0416 e. The number of allylic oxidation sites excluding steroid dienone is 1. The van der Waals surface area contributed by atoms with Crippen molar-refractivity contribution in [2.45, 2.75) is 13.8 Å². The molecule has 0 aliphatic rings. The van der Waals surface area contributed by atoms with Gasteiger partial charge in [-0.15, -0.1) is 0 Å².